The maximum absolute atomic E-state index is 11.7. The number of carbonyl (C=O) groups excluding carboxylic acids is 1. The van der Waals surface area contributed by atoms with Gasteiger partial charge >= 0.3 is 0 Å². The van der Waals surface area contributed by atoms with Gasteiger partial charge in [-0.2, -0.15) is 0 Å². The van der Waals surface area contributed by atoms with Crippen LogP contribution in [0.25, 0.3) is 0 Å². The monoisotopic (exact) mass is 278 g/mol. The van der Waals surface area contributed by atoms with Crippen LogP contribution in [0.2, 0.25) is 0 Å². The average molecular weight is 278 g/mol. The van der Waals surface area contributed by atoms with Gasteiger partial charge in [0.2, 0.25) is 5.91 Å². The minimum absolute atomic E-state index is 0.0891. The molecule has 0 bridgehead atoms. The van der Waals surface area contributed by atoms with Gasteiger partial charge in [0, 0.05) is 44.0 Å². The highest BCUT2D eigenvalue weighted by Crippen LogP contribution is 2.22. The van der Waals surface area contributed by atoms with Crippen molar-refractivity contribution in [2.24, 2.45) is 0 Å². The number of nitrogens with one attached hydrogen (secondary N) is 1. The summed E-state index contributed by atoms with van der Waals surface area (Å²) in [4.78, 5) is 26.0. The fraction of sp³-hybridized carbons (Fsp3) is 0.462. The van der Waals surface area contributed by atoms with Gasteiger partial charge in [-0.05, 0) is 13.1 Å². The molecular formula is C13H18N4O3. The number of hydrogen-bond acceptors (Lipinski definition) is 5. The lowest BCUT2D eigenvalue weighted by Crippen LogP contribution is -2.50. The molecule has 1 aromatic carbocycles. The first-order chi connectivity index (χ1) is 9.61. The standard InChI is InChI=1S/C13H18N4O3/c1-14-10-13(18)16-7-5-15(6-8-16)11-3-2-4-12(9-11)17(19)20/h2-4,9,14H,5-8,10H2,1H3. The summed E-state index contributed by atoms with van der Waals surface area (Å²) < 4.78 is 0. The highest BCUT2D eigenvalue weighted by atomic mass is 16.6. The van der Waals surface area contributed by atoms with Crippen LogP contribution in [-0.2, 0) is 4.79 Å². The van der Waals surface area contributed by atoms with Gasteiger partial charge in [-0.15, -0.1) is 0 Å². The maximum Gasteiger partial charge on any atom is 0.271 e. The van der Waals surface area contributed by atoms with Crippen molar-refractivity contribution in [1.29, 1.82) is 0 Å². The van der Waals surface area contributed by atoms with Gasteiger partial charge in [-0.3, -0.25) is 14.9 Å². The lowest BCUT2D eigenvalue weighted by molar-refractivity contribution is -0.384. The summed E-state index contributed by atoms with van der Waals surface area (Å²) in [6.07, 6.45) is 0. The molecule has 7 heteroatoms. The number of benzene rings is 1. The molecule has 0 aromatic heterocycles. The third kappa shape index (κ3) is 3.24. The first-order valence-electron chi connectivity index (χ1n) is 6.53. The number of hydrogen-bond donors (Lipinski definition) is 1. The first kappa shape index (κ1) is 14.3. The Kier molecular flexibility index (Phi) is 4.52. The van der Waals surface area contributed by atoms with E-state index in [9.17, 15) is 14.9 Å². The number of amides is 1. The third-order valence-corrected chi connectivity index (χ3v) is 3.37. The Hall–Kier alpha value is -2.15. The van der Waals surface area contributed by atoms with Crippen LogP contribution in [0.1, 0.15) is 0 Å². The van der Waals surface area contributed by atoms with Gasteiger partial charge < -0.3 is 15.1 Å². The third-order valence-electron chi connectivity index (χ3n) is 3.37. The Labute approximate surface area is 117 Å². The van der Waals surface area contributed by atoms with Gasteiger partial charge in [0.05, 0.1) is 11.5 Å². The zero-order chi connectivity index (χ0) is 14.5. The lowest BCUT2D eigenvalue weighted by Gasteiger charge is -2.36. The summed E-state index contributed by atoms with van der Waals surface area (Å²) in [5.41, 5.74) is 0.927. The SMILES string of the molecule is CNCC(=O)N1CCN(c2cccc([N+](=O)[O-])c2)CC1. The zero-order valence-corrected chi connectivity index (χ0v) is 11.4. The molecule has 7 nitrogen and oxygen atoms in total. The smallest absolute Gasteiger partial charge is 0.271 e. The second-order valence-corrected chi connectivity index (χ2v) is 4.68. The molecule has 1 saturated heterocycles. The molecular weight excluding hydrogens is 260 g/mol. The number of non-ortho nitro benzene ring substituents is 1. The summed E-state index contributed by atoms with van der Waals surface area (Å²) >= 11 is 0. The van der Waals surface area contributed by atoms with Crippen molar-refractivity contribution < 1.29 is 9.72 Å². The minimum Gasteiger partial charge on any atom is -0.368 e. The van der Waals surface area contributed by atoms with Gasteiger partial charge in [0.1, 0.15) is 0 Å². The van der Waals surface area contributed by atoms with Crippen molar-refractivity contribution in [1.82, 2.24) is 10.2 Å². The largest absolute Gasteiger partial charge is 0.368 e. The van der Waals surface area contributed by atoms with E-state index in [1.807, 2.05) is 11.0 Å². The molecule has 0 unspecified atom stereocenters. The Morgan fingerprint density at radius 1 is 1.35 bits per heavy atom. The molecule has 0 atom stereocenters. The summed E-state index contributed by atoms with van der Waals surface area (Å²) in [7, 11) is 1.75. The molecule has 0 spiro atoms. The van der Waals surface area contributed by atoms with E-state index in [1.54, 1.807) is 19.2 Å². The van der Waals surface area contributed by atoms with Gasteiger partial charge in [0.25, 0.3) is 5.69 Å². The summed E-state index contributed by atoms with van der Waals surface area (Å²) in [5, 5.41) is 13.6. The first-order valence-corrected chi connectivity index (χ1v) is 6.53. The summed E-state index contributed by atoms with van der Waals surface area (Å²) in [5.74, 6) is 0.0891. The van der Waals surface area contributed by atoms with E-state index in [4.69, 9.17) is 0 Å². The fourth-order valence-corrected chi connectivity index (χ4v) is 2.28. The van der Waals surface area contributed by atoms with Crippen LogP contribution in [0.3, 0.4) is 0 Å². The van der Waals surface area contributed by atoms with Crippen molar-refractivity contribution in [2.45, 2.75) is 0 Å². The Bertz CT molecular complexity index is 498. The van der Waals surface area contributed by atoms with Crippen LogP contribution >= 0.6 is 0 Å². The molecule has 0 aliphatic carbocycles. The summed E-state index contributed by atoms with van der Waals surface area (Å²) in [6, 6.07) is 6.60. The number of anilines is 1. The Balaban J connectivity index is 1.98. The zero-order valence-electron chi connectivity index (χ0n) is 11.4. The molecule has 1 heterocycles. The molecule has 20 heavy (non-hydrogen) atoms. The van der Waals surface area contributed by atoms with Crippen molar-refractivity contribution in [3.8, 4) is 0 Å². The van der Waals surface area contributed by atoms with E-state index in [0.29, 0.717) is 32.7 Å². The van der Waals surface area contributed by atoms with Crippen molar-refractivity contribution in [3.05, 3.63) is 34.4 Å². The molecule has 1 N–H and O–H groups in total. The number of rotatable bonds is 4. The van der Waals surface area contributed by atoms with E-state index in [2.05, 4.69) is 10.2 Å². The highest BCUT2D eigenvalue weighted by molar-refractivity contribution is 5.78. The molecule has 1 amide bonds. The number of carbonyl (C=O) groups is 1. The number of nitrogens with zero attached hydrogens (tertiary/aromatic N) is 3. The van der Waals surface area contributed by atoms with Crippen LogP contribution in [0, 0.1) is 10.1 Å². The molecule has 1 aliphatic rings. The number of nitro benzene ring substituents is 1. The van der Waals surface area contributed by atoms with E-state index in [0.717, 1.165) is 5.69 Å². The van der Waals surface area contributed by atoms with Crippen molar-refractivity contribution in [3.63, 3.8) is 0 Å². The number of nitro groups is 1. The fourth-order valence-electron chi connectivity index (χ4n) is 2.28. The maximum atomic E-state index is 11.7. The van der Waals surface area contributed by atoms with Crippen LogP contribution in [0.4, 0.5) is 11.4 Å². The van der Waals surface area contributed by atoms with Crippen LogP contribution < -0.4 is 10.2 Å². The van der Waals surface area contributed by atoms with Crippen LogP contribution in [-0.4, -0.2) is 55.5 Å². The molecule has 1 aromatic rings. The van der Waals surface area contributed by atoms with Crippen molar-refractivity contribution in [2.75, 3.05) is 44.7 Å². The van der Waals surface area contributed by atoms with Gasteiger partial charge in [-0.1, -0.05) is 6.07 Å². The van der Waals surface area contributed by atoms with E-state index < -0.39 is 4.92 Å². The molecule has 108 valence electrons. The second kappa shape index (κ2) is 6.33. The molecule has 1 aliphatic heterocycles. The quantitative estimate of drug-likeness (QED) is 0.639. The Morgan fingerprint density at radius 3 is 2.65 bits per heavy atom. The topological polar surface area (TPSA) is 78.7 Å². The predicted molar refractivity (Wildman–Crippen MR) is 75.8 cm³/mol. The lowest BCUT2D eigenvalue weighted by atomic mass is 10.2. The minimum atomic E-state index is -0.393. The van der Waals surface area contributed by atoms with Crippen LogP contribution in [0.5, 0.6) is 0 Å². The highest BCUT2D eigenvalue weighted by Gasteiger charge is 2.21. The van der Waals surface area contributed by atoms with Crippen LogP contribution in [0.15, 0.2) is 24.3 Å². The normalized spacial score (nSPS) is 15.2. The van der Waals surface area contributed by atoms with Gasteiger partial charge in [-0.25, -0.2) is 0 Å². The van der Waals surface area contributed by atoms with E-state index >= 15 is 0 Å². The number of likely N-dealkylation sites (N-methyl/N-ethyl adjacent to an activating group) is 1. The summed E-state index contributed by atoms with van der Waals surface area (Å²) in [6.45, 7) is 3.01. The van der Waals surface area contributed by atoms with E-state index in [-0.39, 0.29) is 11.6 Å². The number of piperazine rings is 1. The Morgan fingerprint density at radius 2 is 2.05 bits per heavy atom. The molecule has 0 saturated carbocycles. The molecule has 1 fully saturated rings. The average Bonchev–Trinajstić information content (AvgIpc) is 2.48. The second-order valence-electron chi connectivity index (χ2n) is 4.68. The predicted octanol–water partition coefficient (Wildman–Crippen LogP) is 0.463. The van der Waals surface area contributed by atoms with E-state index in [1.165, 1.54) is 6.07 Å². The van der Waals surface area contributed by atoms with Crippen molar-refractivity contribution >= 4 is 17.3 Å². The van der Waals surface area contributed by atoms with Gasteiger partial charge in [0.15, 0.2) is 0 Å². The molecule has 2 rings (SSSR count). The molecule has 0 radical (unpaired) electrons.